The molecule has 0 bridgehead atoms. The average Bonchev–Trinajstić information content (AvgIpc) is 2.30. The van der Waals surface area contributed by atoms with Gasteiger partial charge in [-0.1, -0.05) is 0 Å². The van der Waals surface area contributed by atoms with Gasteiger partial charge in [-0.2, -0.15) is 0 Å². The third-order valence-electron chi connectivity index (χ3n) is 2.00. The molecule has 0 radical (unpaired) electrons. The normalized spacial score (nSPS) is 23.6. The van der Waals surface area contributed by atoms with Gasteiger partial charge >= 0.3 is 6.16 Å². The van der Waals surface area contributed by atoms with E-state index in [1.165, 1.54) is 0 Å². The summed E-state index contributed by atoms with van der Waals surface area (Å²) in [5.74, 6) is 0. The van der Waals surface area contributed by atoms with Gasteiger partial charge in [-0.25, -0.2) is 4.79 Å². The highest BCUT2D eigenvalue weighted by atomic mass is 16.7. The first-order valence-corrected chi connectivity index (χ1v) is 4.95. The highest BCUT2D eigenvalue weighted by Crippen LogP contribution is 2.14. The van der Waals surface area contributed by atoms with Crippen LogP contribution >= 0.6 is 0 Å². The number of hydrogen-bond donors (Lipinski definition) is 0. The number of likely N-dealkylation sites (tertiary alicyclic amines) is 1. The molecule has 0 spiro atoms. The smallest absolute Gasteiger partial charge is 0.430 e. The molecule has 1 rings (SSSR count). The van der Waals surface area contributed by atoms with Gasteiger partial charge in [-0.05, 0) is 34.2 Å². The van der Waals surface area contributed by atoms with Crippen LogP contribution < -0.4 is 0 Å². The van der Waals surface area contributed by atoms with Gasteiger partial charge in [0.1, 0.15) is 11.7 Å². The van der Waals surface area contributed by atoms with E-state index in [0.717, 1.165) is 19.5 Å². The zero-order valence-electron chi connectivity index (χ0n) is 9.37. The van der Waals surface area contributed by atoms with Crippen LogP contribution in [0, 0.1) is 0 Å². The number of rotatable bonds is 1. The summed E-state index contributed by atoms with van der Waals surface area (Å²) in [5, 5.41) is 0. The molecule has 1 unspecified atom stereocenters. The van der Waals surface area contributed by atoms with Gasteiger partial charge in [0.25, 0.3) is 0 Å². The van der Waals surface area contributed by atoms with Gasteiger partial charge in [0.2, 0.25) is 0 Å². The average molecular weight is 201 g/mol. The molecule has 1 aliphatic heterocycles. The van der Waals surface area contributed by atoms with E-state index in [9.17, 15) is 4.79 Å². The van der Waals surface area contributed by atoms with Crippen molar-refractivity contribution in [1.29, 1.82) is 0 Å². The van der Waals surface area contributed by atoms with Crippen molar-refractivity contribution < 1.29 is 14.3 Å². The van der Waals surface area contributed by atoms with E-state index >= 15 is 0 Å². The summed E-state index contributed by atoms with van der Waals surface area (Å²) in [5.41, 5.74) is -0.471. The van der Waals surface area contributed by atoms with Crippen molar-refractivity contribution in [3.63, 3.8) is 0 Å². The number of nitrogens with zero attached hydrogens (tertiary/aromatic N) is 1. The lowest BCUT2D eigenvalue weighted by Gasteiger charge is -2.20. The molecule has 1 fully saturated rings. The molecule has 0 amide bonds. The Kier molecular flexibility index (Phi) is 3.37. The van der Waals surface area contributed by atoms with Crippen LogP contribution in [-0.4, -0.2) is 42.9 Å². The fraction of sp³-hybridized carbons (Fsp3) is 0.900. The van der Waals surface area contributed by atoms with Gasteiger partial charge in [-0.15, -0.1) is 0 Å². The molecule has 1 aliphatic rings. The Morgan fingerprint density at radius 2 is 2.07 bits per heavy atom. The molecule has 1 atom stereocenters. The summed E-state index contributed by atoms with van der Waals surface area (Å²) in [6, 6.07) is 0. The molecule has 0 aromatic rings. The van der Waals surface area contributed by atoms with Crippen LogP contribution in [-0.2, 0) is 9.47 Å². The van der Waals surface area contributed by atoms with Crippen molar-refractivity contribution in [2.24, 2.45) is 0 Å². The van der Waals surface area contributed by atoms with Gasteiger partial charge in [0.05, 0.1) is 0 Å². The molecule has 14 heavy (non-hydrogen) atoms. The molecule has 0 saturated carbocycles. The molecule has 4 heteroatoms. The summed E-state index contributed by atoms with van der Waals surface area (Å²) in [7, 11) is 2.01. The largest absolute Gasteiger partial charge is 0.509 e. The van der Waals surface area contributed by atoms with E-state index in [1.54, 1.807) is 0 Å². The summed E-state index contributed by atoms with van der Waals surface area (Å²) < 4.78 is 10.2. The monoisotopic (exact) mass is 201 g/mol. The molecule has 82 valence electrons. The van der Waals surface area contributed by atoms with Crippen LogP contribution in [0.1, 0.15) is 27.2 Å². The maximum atomic E-state index is 11.3. The van der Waals surface area contributed by atoms with E-state index in [4.69, 9.17) is 9.47 Å². The van der Waals surface area contributed by atoms with Crippen molar-refractivity contribution in [3.05, 3.63) is 0 Å². The predicted molar refractivity (Wildman–Crippen MR) is 53.2 cm³/mol. The maximum absolute atomic E-state index is 11.3. The highest BCUT2D eigenvalue weighted by Gasteiger charge is 2.25. The lowest BCUT2D eigenvalue weighted by Crippen LogP contribution is -2.28. The zero-order valence-corrected chi connectivity index (χ0v) is 9.37. The molecule has 0 N–H and O–H groups in total. The number of hydrogen-bond acceptors (Lipinski definition) is 4. The van der Waals surface area contributed by atoms with Gasteiger partial charge in [0, 0.05) is 13.1 Å². The number of ether oxygens (including phenoxy) is 2. The third-order valence-corrected chi connectivity index (χ3v) is 2.00. The Morgan fingerprint density at radius 3 is 2.50 bits per heavy atom. The number of carbonyl (C=O) groups excluding carboxylic acids is 1. The molecular formula is C10H19NO3. The second kappa shape index (κ2) is 4.17. The third kappa shape index (κ3) is 3.96. The standard InChI is InChI=1S/C10H19NO3/c1-10(2,3)14-9(12)13-8-5-6-11(4)7-8/h8H,5-7H2,1-4H3. The molecule has 1 saturated heterocycles. The Balaban J connectivity index is 2.27. The van der Waals surface area contributed by atoms with Crippen LogP contribution in [0.3, 0.4) is 0 Å². The minimum Gasteiger partial charge on any atom is -0.430 e. The van der Waals surface area contributed by atoms with E-state index in [-0.39, 0.29) is 6.10 Å². The second-order valence-corrected chi connectivity index (χ2v) is 4.76. The van der Waals surface area contributed by atoms with E-state index in [2.05, 4.69) is 4.90 Å². The molecule has 1 heterocycles. The second-order valence-electron chi connectivity index (χ2n) is 4.76. The first-order valence-electron chi connectivity index (χ1n) is 4.95. The maximum Gasteiger partial charge on any atom is 0.509 e. The molecule has 0 aromatic carbocycles. The minimum atomic E-state index is -0.558. The summed E-state index contributed by atoms with van der Waals surface area (Å²) in [6.07, 6.45) is 0.336. The molecule has 0 aromatic heterocycles. The summed E-state index contributed by atoms with van der Waals surface area (Å²) >= 11 is 0. The lowest BCUT2D eigenvalue weighted by molar-refractivity contribution is -0.0242. The number of likely N-dealkylation sites (N-methyl/N-ethyl adjacent to an activating group) is 1. The highest BCUT2D eigenvalue weighted by molar-refractivity contribution is 5.60. The van der Waals surface area contributed by atoms with Gasteiger partial charge in [0.15, 0.2) is 0 Å². The van der Waals surface area contributed by atoms with Crippen LogP contribution in [0.4, 0.5) is 4.79 Å². The van der Waals surface area contributed by atoms with Crippen LogP contribution in [0.2, 0.25) is 0 Å². The van der Waals surface area contributed by atoms with E-state index in [1.807, 2.05) is 27.8 Å². The molecule has 4 nitrogen and oxygen atoms in total. The SMILES string of the molecule is CN1CCC(OC(=O)OC(C)(C)C)C1. The van der Waals surface area contributed by atoms with Crippen LogP contribution in [0.15, 0.2) is 0 Å². The quantitative estimate of drug-likeness (QED) is 0.605. The minimum absolute atomic E-state index is 0.00477. The Hall–Kier alpha value is -0.770. The number of carbonyl (C=O) groups is 1. The molecule has 0 aliphatic carbocycles. The predicted octanol–water partition coefficient (Wildman–Crippen LogP) is 1.64. The fourth-order valence-electron chi connectivity index (χ4n) is 1.40. The van der Waals surface area contributed by atoms with Crippen molar-refractivity contribution in [3.8, 4) is 0 Å². The first kappa shape index (κ1) is 11.3. The Bertz CT molecular complexity index is 210. The van der Waals surface area contributed by atoms with Gasteiger partial charge in [-0.3, -0.25) is 0 Å². The van der Waals surface area contributed by atoms with E-state index < -0.39 is 11.8 Å². The zero-order chi connectivity index (χ0) is 10.8. The lowest BCUT2D eigenvalue weighted by atomic mass is 10.2. The van der Waals surface area contributed by atoms with Crippen molar-refractivity contribution in [2.75, 3.05) is 20.1 Å². The fourth-order valence-corrected chi connectivity index (χ4v) is 1.40. The van der Waals surface area contributed by atoms with E-state index in [0.29, 0.717) is 0 Å². The summed E-state index contributed by atoms with van der Waals surface area (Å²) in [4.78, 5) is 13.4. The van der Waals surface area contributed by atoms with Crippen molar-refractivity contribution in [1.82, 2.24) is 4.90 Å². The van der Waals surface area contributed by atoms with Gasteiger partial charge < -0.3 is 14.4 Å². The Morgan fingerprint density at radius 1 is 1.43 bits per heavy atom. The van der Waals surface area contributed by atoms with Crippen molar-refractivity contribution in [2.45, 2.75) is 38.9 Å². The first-order chi connectivity index (χ1) is 6.37. The van der Waals surface area contributed by atoms with Crippen LogP contribution in [0.25, 0.3) is 0 Å². The molecular weight excluding hydrogens is 182 g/mol. The van der Waals surface area contributed by atoms with Crippen LogP contribution in [0.5, 0.6) is 0 Å². The summed E-state index contributed by atoms with van der Waals surface area (Å²) in [6.45, 7) is 7.27. The topological polar surface area (TPSA) is 38.8 Å². The van der Waals surface area contributed by atoms with Crippen molar-refractivity contribution >= 4 is 6.16 Å². The Labute approximate surface area is 85.2 Å².